The van der Waals surface area contributed by atoms with Crippen LogP contribution in [0.25, 0.3) is 0 Å². The lowest BCUT2D eigenvalue weighted by atomic mass is 10.0. The number of likely N-dealkylation sites (tertiary alicyclic amines) is 1. The maximum absolute atomic E-state index is 13.3. The first-order valence-electron chi connectivity index (χ1n) is 11.6. The molecule has 0 bridgehead atoms. The number of aromatic nitrogens is 3. The van der Waals surface area contributed by atoms with Crippen LogP contribution in [0.15, 0.2) is 42.5 Å². The summed E-state index contributed by atoms with van der Waals surface area (Å²) >= 11 is 6.01. The molecule has 2 amide bonds. The molecule has 2 atom stereocenters. The van der Waals surface area contributed by atoms with Crippen LogP contribution in [0, 0.1) is 6.92 Å². The van der Waals surface area contributed by atoms with Gasteiger partial charge in [-0.05, 0) is 73.6 Å². The maximum atomic E-state index is 13.3. The van der Waals surface area contributed by atoms with Gasteiger partial charge in [-0.25, -0.2) is 4.79 Å². The molecule has 2 aliphatic rings. The molecule has 3 aromatic rings. The summed E-state index contributed by atoms with van der Waals surface area (Å²) in [5.41, 5.74) is 1.79. The minimum absolute atomic E-state index is 0.225. The Morgan fingerprint density at radius 1 is 1.14 bits per heavy atom. The summed E-state index contributed by atoms with van der Waals surface area (Å²) in [6, 6.07) is 10.6. The highest BCUT2D eigenvalue weighted by atomic mass is 35.5. The number of carbonyl (C=O) groups is 1. The summed E-state index contributed by atoms with van der Waals surface area (Å²) in [6.07, 6.45) is -1.70. The lowest BCUT2D eigenvalue weighted by molar-refractivity contribution is -0.137. The normalized spacial score (nSPS) is 19.7. The van der Waals surface area contributed by atoms with Crippen LogP contribution in [0.1, 0.15) is 65.2 Å². The van der Waals surface area contributed by atoms with Gasteiger partial charge < -0.3 is 14.8 Å². The highest BCUT2D eigenvalue weighted by Gasteiger charge is 2.37. The molecular weight excluding hydrogens is 479 g/mol. The van der Waals surface area contributed by atoms with Crippen molar-refractivity contribution in [2.24, 2.45) is 0 Å². The van der Waals surface area contributed by atoms with Gasteiger partial charge >= 0.3 is 12.2 Å². The zero-order chi connectivity index (χ0) is 24.7. The van der Waals surface area contributed by atoms with Gasteiger partial charge in [0, 0.05) is 11.6 Å². The molecule has 1 aliphatic heterocycles. The Morgan fingerprint density at radius 2 is 1.91 bits per heavy atom. The molecule has 2 aromatic carbocycles. The first kappa shape index (κ1) is 23.7. The lowest BCUT2D eigenvalue weighted by Gasteiger charge is -2.27. The smallest absolute Gasteiger partial charge is 0.331 e. The monoisotopic (exact) mass is 503 g/mol. The van der Waals surface area contributed by atoms with Gasteiger partial charge in [0.25, 0.3) is 0 Å². The molecule has 1 N–H and O–H groups in total. The highest BCUT2D eigenvalue weighted by Crippen LogP contribution is 2.38. The molecule has 10 heteroatoms. The number of carbonyl (C=O) groups excluding carboxylic acids is 1. The molecule has 1 aliphatic carbocycles. The average molecular weight is 504 g/mol. The zero-order valence-corrected chi connectivity index (χ0v) is 19.9. The standard InChI is InChI=1S/C25H25ClF3N5O/c1-15-31-32-23(34(15)14-16-4-8-19(26)9-5-16)22-3-2-12-33(22)24(35)30-21-11-6-17-13-18(25(27,28)29)7-10-20(17)21/h4-5,7-10,13,21-22H,2-3,6,11-12,14H2,1H3,(H,30,35)/t21-,22+/m0/s1. The molecule has 0 unspecified atom stereocenters. The van der Waals surface area contributed by atoms with Crippen LogP contribution < -0.4 is 5.32 Å². The minimum Gasteiger partial charge on any atom is -0.331 e. The third-order valence-electron chi connectivity index (χ3n) is 6.88. The Balaban J connectivity index is 1.33. The summed E-state index contributed by atoms with van der Waals surface area (Å²) in [5, 5.41) is 12.4. The van der Waals surface area contributed by atoms with E-state index in [1.165, 1.54) is 12.1 Å². The fourth-order valence-corrected chi connectivity index (χ4v) is 5.19. The molecule has 35 heavy (non-hydrogen) atoms. The molecule has 6 nitrogen and oxygen atoms in total. The summed E-state index contributed by atoms with van der Waals surface area (Å²) < 4.78 is 41.2. The van der Waals surface area contributed by atoms with E-state index >= 15 is 0 Å². The second-order valence-electron chi connectivity index (χ2n) is 9.12. The topological polar surface area (TPSA) is 63.1 Å². The minimum atomic E-state index is -4.38. The van der Waals surface area contributed by atoms with Crippen molar-refractivity contribution in [2.45, 2.75) is 57.4 Å². The quantitative estimate of drug-likeness (QED) is 0.486. The molecule has 5 rings (SSSR count). The van der Waals surface area contributed by atoms with E-state index < -0.39 is 11.7 Å². The van der Waals surface area contributed by atoms with Crippen molar-refractivity contribution in [1.82, 2.24) is 25.0 Å². The van der Waals surface area contributed by atoms with E-state index in [0.29, 0.717) is 36.5 Å². The van der Waals surface area contributed by atoms with Gasteiger partial charge in [-0.1, -0.05) is 29.8 Å². The van der Waals surface area contributed by atoms with E-state index in [2.05, 4.69) is 15.5 Å². The van der Waals surface area contributed by atoms with E-state index in [9.17, 15) is 18.0 Å². The summed E-state index contributed by atoms with van der Waals surface area (Å²) in [6.45, 7) is 3.03. The van der Waals surface area contributed by atoms with Gasteiger partial charge in [0.2, 0.25) is 0 Å². The first-order valence-corrected chi connectivity index (χ1v) is 12.0. The zero-order valence-electron chi connectivity index (χ0n) is 19.1. The number of benzene rings is 2. The number of hydrogen-bond donors (Lipinski definition) is 1. The van der Waals surface area contributed by atoms with Gasteiger partial charge in [-0.2, -0.15) is 13.2 Å². The van der Waals surface area contributed by atoms with E-state index in [-0.39, 0.29) is 18.1 Å². The van der Waals surface area contributed by atoms with Crippen molar-refractivity contribution in [3.05, 3.63) is 81.4 Å². The van der Waals surface area contributed by atoms with Crippen LogP contribution in [0.4, 0.5) is 18.0 Å². The fourth-order valence-electron chi connectivity index (χ4n) is 5.07. The number of aryl methyl sites for hydroxylation is 2. The van der Waals surface area contributed by atoms with Gasteiger partial charge in [0.1, 0.15) is 5.82 Å². The van der Waals surface area contributed by atoms with Gasteiger partial charge in [-0.15, -0.1) is 10.2 Å². The van der Waals surface area contributed by atoms with E-state index in [0.717, 1.165) is 41.7 Å². The summed E-state index contributed by atoms with van der Waals surface area (Å²) in [5.74, 6) is 1.49. The summed E-state index contributed by atoms with van der Waals surface area (Å²) in [4.78, 5) is 15.1. The SMILES string of the molecule is Cc1nnc([C@H]2CCCN2C(=O)N[C@H]2CCc3cc(C(F)(F)F)ccc32)n1Cc1ccc(Cl)cc1. The fraction of sp³-hybridized carbons (Fsp3) is 0.400. The summed E-state index contributed by atoms with van der Waals surface area (Å²) in [7, 11) is 0. The number of urea groups is 1. The molecule has 1 fully saturated rings. The Hall–Kier alpha value is -3.07. The van der Waals surface area contributed by atoms with Crippen molar-refractivity contribution in [3.8, 4) is 0 Å². The predicted octanol–water partition coefficient (Wildman–Crippen LogP) is 5.84. The molecule has 1 aromatic heterocycles. The Kier molecular flexibility index (Phi) is 6.21. The van der Waals surface area contributed by atoms with Crippen LogP contribution >= 0.6 is 11.6 Å². The molecule has 184 valence electrons. The largest absolute Gasteiger partial charge is 0.416 e. The Morgan fingerprint density at radius 3 is 2.66 bits per heavy atom. The number of alkyl halides is 3. The predicted molar refractivity (Wildman–Crippen MR) is 125 cm³/mol. The average Bonchev–Trinajstić information content (AvgIpc) is 3.54. The van der Waals surface area contributed by atoms with Gasteiger partial charge in [0.05, 0.1) is 24.2 Å². The van der Waals surface area contributed by atoms with E-state index in [4.69, 9.17) is 11.6 Å². The number of nitrogens with zero attached hydrogens (tertiary/aromatic N) is 4. The third-order valence-corrected chi connectivity index (χ3v) is 7.13. The molecule has 0 saturated carbocycles. The number of halogens is 4. The second kappa shape index (κ2) is 9.18. The van der Waals surface area contributed by atoms with Crippen molar-refractivity contribution in [2.75, 3.05) is 6.54 Å². The van der Waals surface area contributed by atoms with Crippen molar-refractivity contribution < 1.29 is 18.0 Å². The van der Waals surface area contributed by atoms with E-state index in [1.54, 1.807) is 4.90 Å². The third kappa shape index (κ3) is 4.74. The molecule has 2 heterocycles. The maximum Gasteiger partial charge on any atom is 0.416 e. The van der Waals surface area contributed by atoms with Crippen LogP contribution in [0.3, 0.4) is 0 Å². The number of hydrogen-bond acceptors (Lipinski definition) is 3. The number of fused-ring (bicyclic) bond motifs is 1. The molecular formula is C25H25ClF3N5O. The van der Waals surface area contributed by atoms with Crippen LogP contribution in [0.5, 0.6) is 0 Å². The van der Waals surface area contributed by atoms with Crippen LogP contribution in [0.2, 0.25) is 5.02 Å². The lowest BCUT2D eigenvalue weighted by Crippen LogP contribution is -2.41. The molecule has 0 radical (unpaired) electrons. The number of nitrogens with one attached hydrogen (secondary N) is 1. The van der Waals surface area contributed by atoms with Crippen molar-refractivity contribution in [3.63, 3.8) is 0 Å². The van der Waals surface area contributed by atoms with E-state index in [1.807, 2.05) is 35.8 Å². The second-order valence-corrected chi connectivity index (χ2v) is 9.56. The molecule has 0 spiro atoms. The van der Waals surface area contributed by atoms with Crippen LogP contribution in [-0.4, -0.2) is 32.2 Å². The van der Waals surface area contributed by atoms with Gasteiger partial charge in [0.15, 0.2) is 5.82 Å². The Labute approximate surface area is 206 Å². The first-order chi connectivity index (χ1) is 16.7. The number of amides is 2. The van der Waals surface area contributed by atoms with Crippen molar-refractivity contribution >= 4 is 17.6 Å². The highest BCUT2D eigenvalue weighted by molar-refractivity contribution is 6.30. The van der Waals surface area contributed by atoms with Gasteiger partial charge in [-0.3, -0.25) is 0 Å². The van der Waals surface area contributed by atoms with Crippen LogP contribution in [-0.2, 0) is 19.1 Å². The number of rotatable bonds is 4. The Bertz CT molecular complexity index is 1240. The van der Waals surface area contributed by atoms with Crippen molar-refractivity contribution in [1.29, 1.82) is 0 Å². The molecule has 1 saturated heterocycles.